The van der Waals surface area contributed by atoms with E-state index in [0.717, 1.165) is 29.8 Å². The second-order valence-electron chi connectivity index (χ2n) is 6.48. The number of anilines is 1. The maximum Gasteiger partial charge on any atom is 0.241 e. The molecule has 142 valence electrons. The second kappa shape index (κ2) is 7.99. The van der Waals surface area contributed by atoms with Crippen molar-refractivity contribution in [2.45, 2.75) is 25.7 Å². The van der Waals surface area contributed by atoms with Gasteiger partial charge in [0.25, 0.3) is 0 Å². The Morgan fingerprint density at radius 3 is 2.65 bits per heavy atom. The highest BCUT2D eigenvalue weighted by Crippen LogP contribution is 2.34. The van der Waals surface area contributed by atoms with E-state index in [9.17, 15) is 13.2 Å². The Labute approximate surface area is 154 Å². The molecule has 1 aromatic rings. The minimum Gasteiger partial charge on any atom is -0.486 e. The maximum atomic E-state index is 12.3. The number of fused-ring (bicyclic) bond motifs is 1. The zero-order valence-corrected chi connectivity index (χ0v) is 15.7. The smallest absolute Gasteiger partial charge is 0.241 e. The topological polar surface area (TPSA) is 84.9 Å². The number of rotatable bonds is 6. The number of allylic oxidation sites excluding steroid dienone is 1. The van der Waals surface area contributed by atoms with Gasteiger partial charge >= 0.3 is 0 Å². The van der Waals surface area contributed by atoms with Crippen molar-refractivity contribution >= 4 is 21.6 Å². The van der Waals surface area contributed by atoms with Gasteiger partial charge < -0.3 is 14.8 Å². The molecule has 26 heavy (non-hydrogen) atoms. The molecule has 1 aliphatic carbocycles. The van der Waals surface area contributed by atoms with Crippen molar-refractivity contribution in [1.29, 1.82) is 0 Å². The van der Waals surface area contributed by atoms with Crippen LogP contribution in [-0.2, 0) is 14.8 Å². The number of carbonyl (C=O) groups excluding carboxylic acids is 1. The number of ether oxygens (including phenoxy) is 2. The van der Waals surface area contributed by atoms with Crippen molar-refractivity contribution in [3.63, 3.8) is 0 Å². The maximum absolute atomic E-state index is 12.3. The number of nitrogens with one attached hydrogen (secondary N) is 1. The van der Waals surface area contributed by atoms with Gasteiger partial charge in [-0.05, 0) is 37.8 Å². The summed E-state index contributed by atoms with van der Waals surface area (Å²) in [5.74, 6) is 0.717. The van der Waals surface area contributed by atoms with Gasteiger partial charge in [0.1, 0.15) is 19.8 Å². The van der Waals surface area contributed by atoms with Crippen molar-refractivity contribution in [2.24, 2.45) is 0 Å². The van der Waals surface area contributed by atoms with Gasteiger partial charge in [0.05, 0.1) is 11.9 Å². The molecule has 7 nitrogen and oxygen atoms in total. The quantitative estimate of drug-likeness (QED) is 0.761. The predicted octanol–water partition coefficient (Wildman–Crippen LogP) is 1.84. The van der Waals surface area contributed by atoms with Crippen molar-refractivity contribution in [3.05, 3.63) is 29.8 Å². The molecule has 2 aliphatic rings. The van der Waals surface area contributed by atoms with Crippen molar-refractivity contribution in [3.8, 4) is 11.5 Å². The van der Waals surface area contributed by atoms with E-state index < -0.39 is 10.0 Å². The van der Waals surface area contributed by atoms with E-state index in [-0.39, 0.29) is 12.5 Å². The first-order valence-electron chi connectivity index (χ1n) is 8.75. The van der Waals surface area contributed by atoms with Crippen molar-refractivity contribution < 1.29 is 22.7 Å². The van der Waals surface area contributed by atoms with Crippen LogP contribution in [0.2, 0.25) is 0 Å². The van der Waals surface area contributed by atoms with Crippen molar-refractivity contribution in [2.75, 3.05) is 36.9 Å². The number of amides is 1. The monoisotopic (exact) mass is 380 g/mol. The molecule has 0 atom stereocenters. The Hall–Kier alpha value is -2.22. The summed E-state index contributed by atoms with van der Waals surface area (Å²) in [6.45, 7) is 1.06. The lowest BCUT2D eigenvalue weighted by atomic mass is 10.00. The van der Waals surface area contributed by atoms with Gasteiger partial charge in [0.2, 0.25) is 15.9 Å². The van der Waals surface area contributed by atoms with Gasteiger partial charge in [0, 0.05) is 12.6 Å². The summed E-state index contributed by atoms with van der Waals surface area (Å²) >= 11 is 0. The predicted molar refractivity (Wildman–Crippen MR) is 99.2 cm³/mol. The van der Waals surface area contributed by atoms with Gasteiger partial charge in [-0.3, -0.25) is 9.10 Å². The Kier molecular flexibility index (Phi) is 5.70. The standard InChI is InChI=1S/C18H24N2O5S/c1-26(22,23)20(13-18(21)19-12-14-5-3-2-4-6-14)15-7-8-16-17(11-15)25-10-9-24-16/h5,7-8,11H,2-4,6,9-10,12-13H2,1H3,(H,19,21). The SMILES string of the molecule is CS(=O)(=O)N(CC(=O)NCC1=CCCCC1)c1ccc2c(c1)OCCO2. The lowest BCUT2D eigenvalue weighted by molar-refractivity contribution is -0.119. The highest BCUT2D eigenvalue weighted by Gasteiger charge is 2.23. The van der Waals surface area contributed by atoms with Crippen LogP contribution in [0.1, 0.15) is 25.7 Å². The fourth-order valence-corrected chi connectivity index (χ4v) is 3.90. The summed E-state index contributed by atoms with van der Waals surface area (Å²) < 4.78 is 36.4. The molecular formula is C18H24N2O5S. The van der Waals surface area contributed by atoms with Gasteiger partial charge in [-0.1, -0.05) is 11.6 Å². The van der Waals surface area contributed by atoms with Crippen LogP contribution in [0.15, 0.2) is 29.8 Å². The number of hydrogen-bond acceptors (Lipinski definition) is 5. The highest BCUT2D eigenvalue weighted by molar-refractivity contribution is 7.92. The van der Waals surface area contributed by atoms with Crippen LogP contribution in [0, 0.1) is 0 Å². The molecule has 0 aromatic heterocycles. The Morgan fingerprint density at radius 1 is 1.19 bits per heavy atom. The van der Waals surface area contributed by atoms with Gasteiger partial charge in [-0.15, -0.1) is 0 Å². The summed E-state index contributed by atoms with van der Waals surface area (Å²) in [5, 5.41) is 2.82. The molecule has 1 N–H and O–H groups in total. The molecule has 0 fully saturated rings. The van der Waals surface area contributed by atoms with E-state index in [1.165, 1.54) is 12.0 Å². The first kappa shape index (κ1) is 18.6. The third kappa shape index (κ3) is 4.69. The van der Waals surface area contributed by atoms with E-state index in [0.29, 0.717) is 36.9 Å². The Bertz CT molecular complexity index is 804. The van der Waals surface area contributed by atoms with E-state index in [4.69, 9.17) is 9.47 Å². The van der Waals surface area contributed by atoms with Crippen LogP contribution in [0.5, 0.6) is 11.5 Å². The third-order valence-electron chi connectivity index (χ3n) is 4.40. The largest absolute Gasteiger partial charge is 0.486 e. The number of nitrogens with zero attached hydrogens (tertiary/aromatic N) is 1. The molecule has 1 amide bonds. The minimum atomic E-state index is -3.62. The summed E-state index contributed by atoms with van der Waals surface area (Å²) in [5.41, 5.74) is 1.58. The van der Waals surface area contributed by atoms with E-state index in [1.807, 2.05) is 0 Å². The average molecular weight is 380 g/mol. The molecule has 0 saturated heterocycles. The molecule has 0 spiro atoms. The van der Waals surface area contributed by atoms with Crippen LogP contribution < -0.4 is 19.1 Å². The normalized spacial score (nSPS) is 16.6. The zero-order valence-electron chi connectivity index (χ0n) is 14.9. The lowest BCUT2D eigenvalue weighted by Gasteiger charge is -2.25. The molecule has 1 aromatic carbocycles. The summed E-state index contributed by atoms with van der Waals surface area (Å²) in [6.07, 6.45) is 7.58. The number of carbonyl (C=O) groups is 1. The molecule has 8 heteroatoms. The molecular weight excluding hydrogens is 356 g/mol. The van der Waals surface area contributed by atoms with Crippen LogP contribution in [0.4, 0.5) is 5.69 Å². The van der Waals surface area contributed by atoms with E-state index >= 15 is 0 Å². The van der Waals surface area contributed by atoms with Crippen LogP contribution in [0.25, 0.3) is 0 Å². The van der Waals surface area contributed by atoms with Crippen LogP contribution in [-0.4, -0.2) is 46.9 Å². The first-order chi connectivity index (χ1) is 12.4. The van der Waals surface area contributed by atoms with Crippen LogP contribution in [0.3, 0.4) is 0 Å². The van der Waals surface area contributed by atoms with Gasteiger partial charge in [-0.2, -0.15) is 0 Å². The number of sulfonamides is 1. The molecule has 1 aliphatic heterocycles. The molecule has 0 bridgehead atoms. The summed E-state index contributed by atoms with van der Waals surface area (Å²) in [4.78, 5) is 12.3. The molecule has 0 radical (unpaired) electrons. The third-order valence-corrected chi connectivity index (χ3v) is 5.54. The Balaban J connectivity index is 1.70. The first-order valence-corrected chi connectivity index (χ1v) is 10.6. The minimum absolute atomic E-state index is 0.272. The van der Waals surface area contributed by atoms with E-state index in [1.54, 1.807) is 18.2 Å². The molecule has 3 rings (SSSR count). The summed E-state index contributed by atoms with van der Waals surface area (Å²) in [7, 11) is -3.62. The Morgan fingerprint density at radius 2 is 1.96 bits per heavy atom. The fourth-order valence-electron chi connectivity index (χ4n) is 3.05. The summed E-state index contributed by atoms with van der Waals surface area (Å²) in [6, 6.07) is 4.87. The van der Waals surface area contributed by atoms with Gasteiger partial charge in [-0.25, -0.2) is 8.42 Å². The number of benzene rings is 1. The molecule has 1 heterocycles. The lowest BCUT2D eigenvalue weighted by Crippen LogP contribution is -2.41. The number of hydrogen-bond donors (Lipinski definition) is 1. The van der Waals surface area contributed by atoms with Crippen LogP contribution >= 0.6 is 0 Å². The van der Waals surface area contributed by atoms with Gasteiger partial charge in [0.15, 0.2) is 11.5 Å². The fraction of sp³-hybridized carbons (Fsp3) is 0.500. The highest BCUT2D eigenvalue weighted by atomic mass is 32.2. The molecule has 0 unspecified atom stereocenters. The van der Waals surface area contributed by atoms with Crippen molar-refractivity contribution in [1.82, 2.24) is 5.32 Å². The zero-order chi connectivity index (χ0) is 18.6. The second-order valence-corrected chi connectivity index (χ2v) is 8.39. The molecule has 0 saturated carbocycles. The average Bonchev–Trinajstić information content (AvgIpc) is 2.64. The van der Waals surface area contributed by atoms with E-state index in [2.05, 4.69) is 11.4 Å².